The van der Waals surface area contributed by atoms with Gasteiger partial charge in [-0.3, -0.25) is 0 Å². The van der Waals surface area contributed by atoms with Gasteiger partial charge in [-0.2, -0.15) is 13.5 Å². The van der Waals surface area contributed by atoms with Gasteiger partial charge in [0.05, 0.1) is 5.69 Å². The van der Waals surface area contributed by atoms with Crippen LogP contribution in [-0.4, -0.2) is 24.6 Å². The van der Waals surface area contributed by atoms with Gasteiger partial charge in [0.2, 0.25) is 0 Å². The van der Waals surface area contributed by atoms with Gasteiger partial charge in [0.15, 0.2) is 5.75 Å². The largest absolute Gasteiger partial charge is 0.573 e. The van der Waals surface area contributed by atoms with Crippen molar-refractivity contribution in [2.75, 3.05) is 0 Å². The van der Waals surface area contributed by atoms with Gasteiger partial charge in [-0.25, -0.2) is 4.68 Å². The van der Waals surface area contributed by atoms with Crippen LogP contribution in [0.3, 0.4) is 0 Å². The van der Waals surface area contributed by atoms with Gasteiger partial charge in [0.1, 0.15) is 10.6 Å². The Labute approximate surface area is 146 Å². The van der Waals surface area contributed by atoms with Gasteiger partial charge in [-0.05, 0) is 42.5 Å². The van der Waals surface area contributed by atoms with Crippen molar-refractivity contribution < 1.29 is 30.5 Å². The highest BCUT2D eigenvalue weighted by molar-refractivity contribution is 7.87. The number of benzene rings is 2. The van der Waals surface area contributed by atoms with Crippen LogP contribution in [0.4, 0.5) is 13.2 Å². The summed E-state index contributed by atoms with van der Waals surface area (Å²) in [6.07, 6.45) is -1.76. The number of aromatic nitrogens is 2. The lowest BCUT2D eigenvalue weighted by Gasteiger charge is -2.13. The number of rotatable bonds is 5. The average Bonchev–Trinajstić information content (AvgIpc) is 3.08. The highest BCUT2D eigenvalue weighted by Crippen LogP contribution is 2.31. The van der Waals surface area contributed by atoms with E-state index >= 15 is 0 Å². The van der Waals surface area contributed by atoms with Crippen LogP contribution in [0.15, 0.2) is 71.9 Å². The van der Waals surface area contributed by atoms with Crippen molar-refractivity contribution in [1.29, 1.82) is 0 Å². The van der Waals surface area contributed by atoms with Crippen molar-refractivity contribution in [1.82, 2.24) is 9.78 Å². The first-order valence-electron chi connectivity index (χ1n) is 7.14. The molecule has 0 aliphatic carbocycles. The second kappa shape index (κ2) is 6.71. The Bertz CT molecular complexity index is 985. The SMILES string of the molecule is O=S(=O)(Oc1ccc(-n2cccn2)cc1)c1ccccc1OC(F)(F)F. The zero-order valence-electron chi connectivity index (χ0n) is 12.9. The first-order chi connectivity index (χ1) is 12.2. The Kier molecular flexibility index (Phi) is 4.60. The van der Waals surface area contributed by atoms with Gasteiger partial charge in [-0.1, -0.05) is 12.1 Å². The van der Waals surface area contributed by atoms with Crippen LogP contribution in [0.5, 0.6) is 11.5 Å². The van der Waals surface area contributed by atoms with Crippen molar-refractivity contribution in [3.8, 4) is 17.2 Å². The van der Waals surface area contributed by atoms with Gasteiger partial charge >= 0.3 is 16.5 Å². The van der Waals surface area contributed by atoms with Gasteiger partial charge in [0.25, 0.3) is 0 Å². The molecule has 0 radical (unpaired) electrons. The molecular weight excluding hydrogens is 373 g/mol. The monoisotopic (exact) mass is 384 g/mol. The van der Waals surface area contributed by atoms with Crippen molar-refractivity contribution >= 4 is 10.1 Å². The minimum Gasteiger partial charge on any atom is -0.404 e. The highest BCUT2D eigenvalue weighted by Gasteiger charge is 2.34. The molecule has 0 aliphatic rings. The average molecular weight is 384 g/mol. The second-order valence-electron chi connectivity index (χ2n) is 4.98. The lowest BCUT2D eigenvalue weighted by Crippen LogP contribution is -2.20. The molecule has 0 saturated heterocycles. The summed E-state index contributed by atoms with van der Waals surface area (Å²) in [6, 6.07) is 11.9. The molecule has 1 aromatic heterocycles. The van der Waals surface area contributed by atoms with Crippen molar-refractivity contribution in [3.63, 3.8) is 0 Å². The third kappa shape index (κ3) is 4.14. The number of para-hydroxylation sites is 1. The predicted octanol–water partition coefficient (Wildman–Crippen LogP) is 3.54. The Morgan fingerprint density at radius 3 is 2.27 bits per heavy atom. The summed E-state index contributed by atoms with van der Waals surface area (Å²) in [5.41, 5.74) is 0.653. The van der Waals surface area contributed by atoms with E-state index < -0.39 is 27.1 Å². The minimum atomic E-state index is -5.03. The predicted molar refractivity (Wildman–Crippen MR) is 84.5 cm³/mol. The lowest BCUT2D eigenvalue weighted by molar-refractivity contribution is -0.275. The first kappa shape index (κ1) is 17.8. The summed E-state index contributed by atoms with van der Waals surface area (Å²) >= 11 is 0. The molecule has 0 spiro atoms. The summed E-state index contributed by atoms with van der Waals surface area (Å²) in [5, 5.41) is 4.02. The summed E-state index contributed by atoms with van der Waals surface area (Å²) in [5.74, 6) is -0.934. The molecule has 26 heavy (non-hydrogen) atoms. The molecular formula is C16H11F3N2O4S. The third-order valence-electron chi connectivity index (χ3n) is 3.16. The van der Waals surface area contributed by atoms with Crippen LogP contribution in [0, 0.1) is 0 Å². The fraction of sp³-hybridized carbons (Fsp3) is 0.0625. The Hall–Kier alpha value is -3.01. The maximum atomic E-state index is 12.4. The Morgan fingerprint density at radius 2 is 1.65 bits per heavy atom. The highest BCUT2D eigenvalue weighted by atomic mass is 32.2. The fourth-order valence-electron chi connectivity index (χ4n) is 2.11. The zero-order chi connectivity index (χ0) is 18.8. The summed E-state index contributed by atoms with van der Waals surface area (Å²) in [7, 11) is -4.53. The van der Waals surface area contributed by atoms with Gasteiger partial charge in [0, 0.05) is 12.4 Å². The molecule has 0 unspecified atom stereocenters. The molecule has 6 nitrogen and oxygen atoms in total. The second-order valence-corrected chi connectivity index (χ2v) is 6.49. The van der Waals surface area contributed by atoms with E-state index in [1.807, 2.05) is 0 Å². The van der Waals surface area contributed by atoms with Crippen molar-refractivity contribution in [3.05, 3.63) is 67.0 Å². The van der Waals surface area contributed by atoms with Crippen LogP contribution in [0.1, 0.15) is 0 Å². The Balaban J connectivity index is 1.86. The molecule has 2 aromatic carbocycles. The zero-order valence-corrected chi connectivity index (χ0v) is 13.7. The van der Waals surface area contributed by atoms with E-state index in [1.165, 1.54) is 24.3 Å². The maximum absolute atomic E-state index is 12.4. The number of hydrogen-bond acceptors (Lipinski definition) is 5. The molecule has 0 N–H and O–H groups in total. The summed E-state index contributed by atoms with van der Waals surface area (Å²) in [6.45, 7) is 0. The molecule has 0 atom stereocenters. The normalized spacial score (nSPS) is 12.0. The van der Waals surface area contributed by atoms with E-state index in [-0.39, 0.29) is 5.75 Å². The summed E-state index contributed by atoms with van der Waals surface area (Å²) in [4.78, 5) is -0.728. The molecule has 0 bridgehead atoms. The topological polar surface area (TPSA) is 70.4 Å². The standard InChI is InChI=1S/C16H11F3N2O4S/c17-16(18,19)24-14-4-1-2-5-15(14)26(22,23)25-13-8-6-12(7-9-13)21-11-3-10-20-21/h1-11H. The molecule has 3 rings (SSSR count). The molecule has 0 aliphatic heterocycles. The smallest absolute Gasteiger partial charge is 0.404 e. The maximum Gasteiger partial charge on any atom is 0.573 e. The van der Waals surface area contributed by atoms with Crippen LogP contribution in [0.25, 0.3) is 5.69 Å². The molecule has 0 saturated carbocycles. The van der Waals surface area contributed by atoms with Crippen molar-refractivity contribution in [2.45, 2.75) is 11.3 Å². The lowest BCUT2D eigenvalue weighted by atomic mass is 10.3. The molecule has 136 valence electrons. The fourth-order valence-corrected chi connectivity index (χ4v) is 3.17. The van der Waals surface area contributed by atoms with Gasteiger partial charge in [-0.15, -0.1) is 13.2 Å². The first-order valence-corrected chi connectivity index (χ1v) is 8.55. The number of halogens is 3. The molecule has 0 amide bonds. The van der Waals surface area contributed by atoms with E-state index in [9.17, 15) is 21.6 Å². The van der Waals surface area contributed by atoms with Crippen LogP contribution >= 0.6 is 0 Å². The van der Waals surface area contributed by atoms with E-state index in [2.05, 4.69) is 9.84 Å². The van der Waals surface area contributed by atoms with Crippen LogP contribution < -0.4 is 8.92 Å². The molecule has 10 heteroatoms. The number of alkyl halides is 3. The number of nitrogens with zero attached hydrogens (tertiary/aromatic N) is 2. The number of ether oxygens (including phenoxy) is 1. The van der Waals surface area contributed by atoms with Gasteiger partial charge < -0.3 is 8.92 Å². The van der Waals surface area contributed by atoms with E-state index in [0.717, 1.165) is 12.1 Å². The Morgan fingerprint density at radius 1 is 0.962 bits per heavy atom. The summed E-state index contributed by atoms with van der Waals surface area (Å²) < 4.78 is 72.2. The van der Waals surface area contributed by atoms with Crippen molar-refractivity contribution in [2.24, 2.45) is 0 Å². The third-order valence-corrected chi connectivity index (χ3v) is 4.44. The van der Waals surface area contributed by atoms with E-state index in [1.54, 1.807) is 35.3 Å². The minimum absolute atomic E-state index is 0.0669. The number of hydrogen-bond donors (Lipinski definition) is 0. The quantitative estimate of drug-likeness (QED) is 0.630. The molecule has 1 heterocycles. The molecule has 0 fully saturated rings. The van der Waals surface area contributed by atoms with E-state index in [0.29, 0.717) is 5.69 Å². The molecule has 3 aromatic rings. The van der Waals surface area contributed by atoms with E-state index in [4.69, 9.17) is 4.18 Å². The van der Waals surface area contributed by atoms with Crippen LogP contribution in [-0.2, 0) is 10.1 Å². The van der Waals surface area contributed by atoms with Crippen LogP contribution in [0.2, 0.25) is 0 Å².